The molecule has 148 valence electrons. The van der Waals surface area contributed by atoms with E-state index in [0.29, 0.717) is 4.90 Å². The molecule has 3 aromatic rings. The molecule has 28 heavy (non-hydrogen) atoms. The highest BCUT2D eigenvalue weighted by Crippen LogP contribution is 2.25. The van der Waals surface area contributed by atoms with Crippen LogP contribution in [-0.2, 0) is 16.3 Å². The molecule has 0 unspecified atom stereocenters. The fraction of sp³-hybridized carbons (Fsp3) is 0.318. The molecule has 4 rings (SSSR count). The predicted octanol–water partition coefficient (Wildman–Crippen LogP) is 4.52. The van der Waals surface area contributed by atoms with Crippen molar-refractivity contribution < 1.29 is 8.42 Å². The third-order valence-electron chi connectivity index (χ3n) is 5.25. The Morgan fingerprint density at radius 2 is 1.68 bits per heavy atom. The fourth-order valence-corrected chi connectivity index (χ4v) is 5.05. The average molecular weight is 417 g/mol. The summed E-state index contributed by atoms with van der Waals surface area (Å²) < 4.78 is 25.7. The average Bonchev–Trinajstić information content (AvgIpc) is 3.22. The number of aryl methyl sites for hydroxylation is 1. The third kappa shape index (κ3) is 4.37. The Morgan fingerprint density at radius 1 is 0.929 bits per heavy atom. The normalized spacial score (nSPS) is 14.9. The van der Waals surface area contributed by atoms with Gasteiger partial charge in [-0.3, -0.25) is 4.98 Å². The van der Waals surface area contributed by atoms with Crippen LogP contribution in [-0.4, -0.2) is 37.9 Å². The van der Waals surface area contributed by atoms with Gasteiger partial charge in [-0.2, -0.15) is 0 Å². The number of benzene rings is 2. The number of para-hydroxylation sites is 1. The number of sulfone groups is 1. The van der Waals surface area contributed by atoms with Crippen LogP contribution >= 0.6 is 12.4 Å². The molecule has 1 aliphatic rings. The largest absolute Gasteiger partial charge is 0.303 e. The zero-order valence-corrected chi connectivity index (χ0v) is 17.4. The summed E-state index contributed by atoms with van der Waals surface area (Å²) in [6, 6.07) is 16.3. The molecule has 1 aromatic heterocycles. The zero-order chi connectivity index (χ0) is 18.7. The van der Waals surface area contributed by atoms with Gasteiger partial charge in [0.25, 0.3) is 0 Å². The molecule has 1 saturated heterocycles. The van der Waals surface area contributed by atoms with Gasteiger partial charge in [-0.1, -0.05) is 36.4 Å². The summed E-state index contributed by atoms with van der Waals surface area (Å²) in [6.45, 7) is 3.56. The minimum Gasteiger partial charge on any atom is -0.303 e. The summed E-state index contributed by atoms with van der Waals surface area (Å²) in [4.78, 5) is 7.59. The summed E-state index contributed by atoms with van der Waals surface area (Å²) in [5.41, 5.74) is 2.10. The highest BCUT2D eigenvalue weighted by molar-refractivity contribution is 7.91. The van der Waals surface area contributed by atoms with Crippen LogP contribution < -0.4 is 0 Å². The van der Waals surface area contributed by atoms with Crippen molar-refractivity contribution in [1.82, 2.24) is 9.88 Å². The lowest BCUT2D eigenvalue weighted by atomic mass is 10.1. The van der Waals surface area contributed by atoms with Crippen LogP contribution in [0.3, 0.4) is 0 Å². The highest BCUT2D eigenvalue weighted by Gasteiger charge is 2.18. The topological polar surface area (TPSA) is 50.3 Å². The Labute approximate surface area is 172 Å². The van der Waals surface area contributed by atoms with E-state index in [0.717, 1.165) is 30.3 Å². The van der Waals surface area contributed by atoms with E-state index in [4.69, 9.17) is 0 Å². The lowest BCUT2D eigenvalue weighted by Gasteiger charge is -2.14. The first kappa shape index (κ1) is 20.8. The van der Waals surface area contributed by atoms with Crippen molar-refractivity contribution in [2.24, 2.45) is 0 Å². The van der Waals surface area contributed by atoms with Gasteiger partial charge >= 0.3 is 0 Å². The number of likely N-dealkylation sites (tertiary alicyclic amines) is 1. The third-order valence-corrected chi connectivity index (χ3v) is 6.99. The van der Waals surface area contributed by atoms with E-state index in [1.807, 2.05) is 18.2 Å². The van der Waals surface area contributed by atoms with Crippen LogP contribution in [0.1, 0.15) is 24.8 Å². The first-order chi connectivity index (χ1) is 13.1. The molecule has 1 fully saturated rings. The van der Waals surface area contributed by atoms with Crippen molar-refractivity contribution in [2.75, 3.05) is 19.6 Å². The zero-order valence-electron chi connectivity index (χ0n) is 15.8. The maximum Gasteiger partial charge on any atom is 0.208 e. The predicted molar refractivity (Wildman–Crippen MR) is 115 cm³/mol. The molecule has 0 bridgehead atoms. The first-order valence-electron chi connectivity index (χ1n) is 9.55. The Hall–Kier alpha value is -1.95. The monoisotopic (exact) mass is 416 g/mol. The molecule has 0 spiro atoms. The quantitative estimate of drug-likeness (QED) is 0.592. The SMILES string of the molecule is Cl.O=S(=O)(c1ccccc1)c1cnc2c(CCCN3CCCC3)cccc2c1. The molecule has 0 saturated carbocycles. The number of hydrogen-bond acceptors (Lipinski definition) is 4. The van der Waals surface area contributed by atoms with Crippen LogP contribution in [0.4, 0.5) is 0 Å². The second kappa shape index (κ2) is 9.03. The molecule has 2 aromatic carbocycles. The van der Waals surface area contributed by atoms with E-state index < -0.39 is 9.84 Å². The lowest BCUT2D eigenvalue weighted by molar-refractivity contribution is 0.334. The van der Waals surface area contributed by atoms with Gasteiger partial charge in [-0.25, -0.2) is 8.42 Å². The standard InChI is InChI=1S/C22H24N2O2S.ClH/c25-27(26,20-11-2-1-3-12-20)21-16-19-9-6-8-18(22(19)23-17-21)10-7-15-24-13-4-5-14-24;/h1-3,6,8-9,11-12,16-17H,4-5,7,10,13-15H2;1H. The summed E-state index contributed by atoms with van der Waals surface area (Å²) in [7, 11) is -3.54. The van der Waals surface area contributed by atoms with Gasteiger partial charge in [-0.05, 0) is 69.1 Å². The fourth-order valence-electron chi connectivity index (χ4n) is 3.79. The maximum atomic E-state index is 12.8. The van der Waals surface area contributed by atoms with Crippen molar-refractivity contribution in [3.05, 3.63) is 66.4 Å². The van der Waals surface area contributed by atoms with E-state index in [-0.39, 0.29) is 17.3 Å². The van der Waals surface area contributed by atoms with E-state index in [1.165, 1.54) is 37.7 Å². The van der Waals surface area contributed by atoms with Gasteiger partial charge in [0.15, 0.2) is 0 Å². The molecule has 0 atom stereocenters. The van der Waals surface area contributed by atoms with Crippen LogP contribution in [0.15, 0.2) is 70.6 Å². The molecule has 0 aliphatic carbocycles. The maximum absolute atomic E-state index is 12.8. The number of aromatic nitrogens is 1. The van der Waals surface area contributed by atoms with E-state index in [1.54, 1.807) is 30.3 Å². The van der Waals surface area contributed by atoms with Crippen molar-refractivity contribution >= 4 is 33.1 Å². The van der Waals surface area contributed by atoms with Crippen molar-refractivity contribution in [3.8, 4) is 0 Å². The summed E-state index contributed by atoms with van der Waals surface area (Å²) in [5.74, 6) is 0. The summed E-state index contributed by atoms with van der Waals surface area (Å²) in [5, 5.41) is 0.880. The smallest absolute Gasteiger partial charge is 0.208 e. The summed E-state index contributed by atoms with van der Waals surface area (Å²) in [6.07, 6.45) is 6.19. The van der Waals surface area contributed by atoms with E-state index >= 15 is 0 Å². The van der Waals surface area contributed by atoms with Gasteiger partial charge < -0.3 is 4.90 Å². The number of hydrogen-bond donors (Lipinski definition) is 0. The molecule has 0 radical (unpaired) electrons. The minimum absolute atomic E-state index is 0. The Morgan fingerprint density at radius 3 is 2.43 bits per heavy atom. The molecule has 6 heteroatoms. The van der Waals surface area contributed by atoms with Crippen LogP contribution in [0.5, 0.6) is 0 Å². The van der Waals surface area contributed by atoms with Gasteiger partial charge in [0.2, 0.25) is 9.84 Å². The Kier molecular flexibility index (Phi) is 6.70. The molecular weight excluding hydrogens is 392 g/mol. The van der Waals surface area contributed by atoms with Gasteiger partial charge in [0, 0.05) is 11.6 Å². The minimum atomic E-state index is -3.54. The van der Waals surface area contributed by atoms with Crippen LogP contribution in [0, 0.1) is 0 Å². The van der Waals surface area contributed by atoms with Crippen LogP contribution in [0.2, 0.25) is 0 Å². The van der Waals surface area contributed by atoms with Gasteiger partial charge in [-0.15, -0.1) is 12.4 Å². The Balaban J connectivity index is 0.00000225. The van der Waals surface area contributed by atoms with E-state index in [9.17, 15) is 8.42 Å². The van der Waals surface area contributed by atoms with Gasteiger partial charge in [0.05, 0.1) is 15.3 Å². The second-order valence-electron chi connectivity index (χ2n) is 7.13. The van der Waals surface area contributed by atoms with Gasteiger partial charge in [0.1, 0.15) is 0 Å². The van der Waals surface area contributed by atoms with Crippen molar-refractivity contribution in [1.29, 1.82) is 0 Å². The number of pyridine rings is 1. The summed E-state index contributed by atoms with van der Waals surface area (Å²) >= 11 is 0. The molecule has 0 N–H and O–H groups in total. The molecule has 2 heterocycles. The highest BCUT2D eigenvalue weighted by atomic mass is 35.5. The molecule has 0 amide bonds. The number of nitrogens with zero attached hydrogens (tertiary/aromatic N) is 2. The van der Waals surface area contributed by atoms with Crippen LogP contribution in [0.25, 0.3) is 10.9 Å². The van der Waals surface area contributed by atoms with E-state index in [2.05, 4.69) is 16.0 Å². The number of rotatable bonds is 6. The first-order valence-corrected chi connectivity index (χ1v) is 11.0. The lowest BCUT2D eigenvalue weighted by Crippen LogP contribution is -2.20. The Bertz CT molecular complexity index is 1030. The van der Waals surface area contributed by atoms with Crippen molar-refractivity contribution in [2.45, 2.75) is 35.5 Å². The molecule has 4 nitrogen and oxygen atoms in total. The number of fused-ring (bicyclic) bond motifs is 1. The van der Waals surface area contributed by atoms with Crippen molar-refractivity contribution in [3.63, 3.8) is 0 Å². The second-order valence-corrected chi connectivity index (χ2v) is 9.08. The molecule has 1 aliphatic heterocycles. The number of halogens is 1. The molecular formula is C22H25ClN2O2S.